The monoisotopic (exact) mass is 248 g/mol. The molecule has 0 aromatic rings. The molecule has 0 unspecified atom stereocenters. The van der Waals surface area contributed by atoms with Gasteiger partial charge in [-0.15, -0.1) is 0 Å². The van der Waals surface area contributed by atoms with Crippen molar-refractivity contribution in [2.45, 2.75) is 39.3 Å². The topological polar surface area (TPSA) is 69.2 Å². The Kier molecular flexibility index (Phi) is 35.9. The molecule has 0 saturated carbocycles. The minimum Gasteiger partial charge on any atom is -0.854 e. The largest absolute Gasteiger partial charge is 1.00 e. The number of hydrogen-bond donors (Lipinski definition) is 0. The van der Waals surface area contributed by atoms with Crippen LogP contribution in [0.3, 0.4) is 0 Å². The zero-order chi connectivity index (χ0) is 10.7. The molecule has 0 spiro atoms. The van der Waals surface area contributed by atoms with Crippen molar-refractivity contribution in [1.82, 2.24) is 0 Å². The Bertz CT molecular complexity index is 54.4. The third kappa shape index (κ3) is 623. The van der Waals surface area contributed by atoms with Crippen molar-refractivity contribution >= 4 is 26.2 Å². The zero-order valence-corrected chi connectivity index (χ0v) is 14.6. The van der Waals surface area contributed by atoms with Gasteiger partial charge in [0.15, 0.2) is 0 Å². The van der Waals surface area contributed by atoms with Gasteiger partial charge >= 0.3 is 47.2 Å². The summed E-state index contributed by atoms with van der Waals surface area (Å²) in [5.74, 6) is 0. The summed E-state index contributed by atoms with van der Waals surface area (Å²) in [5, 5.41) is 0. The fourth-order valence-corrected chi connectivity index (χ4v) is 0. The third-order valence-corrected chi connectivity index (χ3v) is 0. The second kappa shape index (κ2) is 19.3. The van der Waals surface area contributed by atoms with E-state index in [0.717, 1.165) is 0 Å². The number of rotatable bonds is 0. The summed E-state index contributed by atoms with van der Waals surface area (Å²) < 4.78 is 0. The van der Waals surface area contributed by atoms with Crippen molar-refractivity contribution in [1.29, 1.82) is 0 Å². The van der Waals surface area contributed by atoms with Gasteiger partial charge < -0.3 is 23.3 Å². The Balaban J connectivity index is -0.0000000450. The van der Waals surface area contributed by atoms with Gasteiger partial charge in [0, 0.05) is 0 Å². The van der Waals surface area contributed by atoms with Gasteiger partial charge in [0.2, 0.25) is 0 Å². The molecule has 0 bridgehead atoms. The molecule has 0 aliphatic rings. The molecule has 0 aliphatic heterocycles. The van der Waals surface area contributed by atoms with Gasteiger partial charge in [0.05, 0.1) is 39.3 Å². The molecule has 0 aromatic carbocycles. The van der Waals surface area contributed by atoms with Crippen LogP contribution < -0.4 is 44.2 Å². The second-order valence-electron chi connectivity index (χ2n) is 3.22. The van der Waals surface area contributed by atoms with Crippen LogP contribution in [0, 0.1) is 0 Å². The Labute approximate surface area is 109 Å². The van der Waals surface area contributed by atoms with E-state index in [1.165, 1.54) is 0 Å². The average Bonchev–Trinajstić information content (AvgIpc) is 1.54. The smallest absolute Gasteiger partial charge is 0.854 e. The van der Waals surface area contributed by atoms with E-state index in [1.807, 2.05) is 0 Å². The molecule has 0 amide bonds. The minimum atomic E-state index is -3.37. The SMILES string of the molecule is C[Si+](C)C.C[Si+](C)C.[Na+].[O-]P([O-])[O-]. The van der Waals surface area contributed by atoms with Crippen LogP contribution in [0.4, 0.5) is 0 Å². The molecule has 0 aromatic heterocycles. The first-order chi connectivity index (χ1) is 5.20. The van der Waals surface area contributed by atoms with Crippen LogP contribution >= 0.6 is 8.60 Å². The van der Waals surface area contributed by atoms with E-state index >= 15 is 0 Å². The fourth-order valence-electron chi connectivity index (χ4n) is 0. The molecule has 0 aliphatic carbocycles. The van der Waals surface area contributed by atoms with Crippen molar-refractivity contribution in [2.75, 3.05) is 0 Å². The van der Waals surface area contributed by atoms with Gasteiger partial charge in [0.25, 0.3) is 0 Å². The maximum Gasteiger partial charge on any atom is 1.00 e. The van der Waals surface area contributed by atoms with Crippen molar-refractivity contribution < 1.29 is 44.2 Å². The molecule has 0 heterocycles. The summed E-state index contributed by atoms with van der Waals surface area (Å²) in [6.45, 7) is 13.6. The Morgan fingerprint density at radius 1 is 0.692 bits per heavy atom. The van der Waals surface area contributed by atoms with Gasteiger partial charge in [-0.2, -0.15) is 0 Å². The summed E-state index contributed by atoms with van der Waals surface area (Å²) in [5.41, 5.74) is 0. The standard InChI is InChI=1S/2C3H9Si.Na.O3P/c2*1-4(2)3;;1-4(2)3/h2*1-3H3;;/q3*+1;-3. The van der Waals surface area contributed by atoms with Gasteiger partial charge in [-0.05, 0) is 0 Å². The average molecular weight is 248 g/mol. The Morgan fingerprint density at radius 2 is 0.692 bits per heavy atom. The summed E-state index contributed by atoms with van der Waals surface area (Å²) in [6.07, 6.45) is 0. The molecule has 13 heavy (non-hydrogen) atoms. The molecule has 0 fully saturated rings. The fraction of sp³-hybridized carbons (Fsp3) is 1.00. The van der Waals surface area contributed by atoms with Crippen LogP contribution in [0.15, 0.2) is 0 Å². The molecule has 0 N–H and O–H groups in total. The molecular weight excluding hydrogens is 230 g/mol. The predicted octanol–water partition coefficient (Wildman–Crippen LogP) is -2.96. The van der Waals surface area contributed by atoms with Crippen LogP contribution in [0.5, 0.6) is 0 Å². The minimum absolute atomic E-state index is 0. The molecule has 0 atom stereocenters. The first-order valence-electron chi connectivity index (χ1n) is 3.55. The predicted molar refractivity (Wildman–Crippen MR) is 53.6 cm³/mol. The van der Waals surface area contributed by atoms with Crippen molar-refractivity contribution in [3.63, 3.8) is 0 Å². The van der Waals surface area contributed by atoms with E-state index in [2.05, 4.69) is 39.3 Å². The van der Waals surface area contributed by atoms with Crippen LogP contribution in [0.2, 0.25) is 39.3 Å². The molecule has 3 nitrogen and oxygen atoms in total. The van der Waals surface area contributed by atoms with E-state index in [9.17, 15) is 0 Å². The van der Waals surface area contributed by atoms with Gasteiger partial charge in [-0.25, -0.2) is 0 Å². The summed E-state index contributed by atoms with van der Waals surface area (Å²) >= 11 is 0. The van der Waals surface area contributed by atoms with Crippen LogP contribution in [0.1, 0.15) is 0 Å². The van der Waals surface area contributed by atoms with Crippen molar-refractivity contribution in [3.05, 3.63) is 0 Å². The van der Waals surface area contributed by atoms with E-state index in [0.29, 0.717) is 0 Å². The van der Waals surface area contributed by atoms with E-state index < -0.39 is 8.60 Å². The summed E-state index contributed by atoms with van der Waals surface area (Å²) in [4.78, 5) is 25.4. The first kappa shape index (κ1) is 24.1. The summed E-state index contributed by atoms with van der Waals surface area (Å²) in [7, 11) is -3.13. The van der Waals surface area contributed by atoms with Gasteiger partial charge in [-0.1, -0.05) is 0 Å². The van der Waals surface area contributed by atoms with E-state index in [-0.39, 0.29) is 47.2 Å². The molecular formula is C6H18NaO3PSi2. The quantitative estimate of drug-likeness (QED) is 0.340. The molecule has 0 radical (unpaired) electrons. The zero-order valence-electron chi connectivity index (χ0n) is 9.67. The Hall–Kier alpha value is 1.74. The first-order valence-corrected chi connectivity index (χ1v) is 10.6. The van der Waals surface area contributed by atoms with E-state index in [4.69, 9.17) is 14.7 Å². The second-order valence-corrected chi connectivity index (χ2v) is 9.67. The third-order valence-electron chi connectivity index (χ3n) is 0. The molecule has 0 rings (SSSR count). The van der Waals surface area contributed by atoms with Crippen LogP contribution in [-0.4, -0.2) is 17.6 Å². The van der Waals surface area contributed by atoms with Crippen molar-refractivity contribution in [2.24, 2.45) is 0 Å². The van der Waals surface area contributed by atoms with Gasteiger partial charge in [-0.3, -0.25) is 0 Å². The maximum absolute atomic E-state index is 8.48. The normalized spacial score (nSPS) is 6.92. The van der Waals surface area contributed by atoms with Gasteiger partial charge in [0.1, 0.15) is 0 Å². The van der Waals surface area contributed by atoms with Crippen molar-refractivity contribution in [3.8, 4) is 0 Å². The van der Waals surface area contributed by atoms with E-state index in [1.54, 1.807) is 0 Å². The molecule has 74 valence electrons. The Morgan fingerprint density at radius 3 is 0.692 bits per heavy atom. The molecule has 0 saturated heterocycles. The van der Waals surface area contributed by atoms with Crippen LogP contribution in [0.25, 0.3) is 0 Å². The summed E-state index contributed by atoms with van der Waals surface area (Å²) in [6, 6.07) is 0. The molecule has 7 heteroatoms. The number of hydrogen-bond acceptors (Lipinski definition) is 3. The maximum atomic E-state index is 8.48. The van der Waals surface area contributed by atoms with Crippen LogP contribution in [-0.2, 0) is 0 Å².